The first-order valence-corrected chi connectivity index (χ1v) is 6.55. The van der Waals surface area contributed by atoms with Gasteiger partial charge in [0, 0.05) is 11.7 Å². The van der Waals surface area contributed by atoms with Crippen molar-refractivity contribution in [3.05, 3.63) is 65.2 Å². The number of amides is 1. The highest BCUT2D eigenvalue weighted by atomic mass is 19.1. The van der Waals surface area contributed by atoms with E-state index in [1.165, 1.54) is 6.07 Å². The van der Waals surface area contributed by atoms with Crippen molar-refractivity contribution < 1.29 is 13.6 Å². The molecule has 0 saturated carbocycles. The van der Waals surface area contributed by atoms with E-state index in [9.17, 15) is 13.6 Å². The lowest BCUT2D eigenvalue weighted by molar-refractivity contribution is 0.101. The molecule has 0 aliphatic rings. The first-order chi connectivity index (χ1) is 10.0. The summed E-state index contributed by atoms with van der Waals surface area (Å²) in [5.74, 6) is -2.57. The van der Waals surface area contributed by atoms with E-state index >= 15 is 0 Å². The summed E-state index contributed by atoms with van der Waals surface area (Å²) >= 11 is 0. The second kappa shape index (κ2) is 6.45. The molecule has 1 unspecified atom stereocenters. The lowest BCUT2D eigenvalue weighted by atomic mass is 10.1. The summed E-state index contributed by atoms with van der Waals surface area (Å²) in [5, 5.41) is 5.59. The largest absolute Gasteiger partial charge is 0.322 e. The van der Waals surface area contributed by atoms with Gasteiger partial charge in [-0.1, -0.05) is 18.2 Å². The Morgan fingerprint density at radius 2 is 1.71 bits per heavy atom. The Labute approximate surface area is 122 Å². The number of anilines is 1. The summed E-state index contributed by atoms with van der Waals surface area (Å²) in [6.07, 6.45) is 0. The molecule has 2 aromatic carbocycles. The van der Waals surface area contributed by atoms with Crippen molar-refractivity contribution in [1.82, 2.24) is 5.32 Å². The Bertz CT molecular complexity index is 638. The van der Waals surface area contributed by atoms with Gasteiger partial charge in [0.2, 0.25) is 0 Å². The monoisotopic (exact) mass is 290 g/mol. The molecule has 3 nitrogen and oxygen atoms in total. The Hall–Kier alpha value is -2.27. The zero-order valence-electron chi connectivity index (χ0n) is 11.8. The molecule has 0 aromatic heterocycles. The minimum absolute atomic E-state index is 0.104. The molecule has 2 rings (SSSR count). The van der Waals surface area contributed by atoms with Gasteiger partial charge in [-0.3, -0.25) is 4.79 Å². The van der Waals surface area contributed by atoms with Crippen molar-refractivity contribution in [3.63, 3.8) is 0 Å². The van der Waals surface area contributed by atoms with Crippen LogP contribution in [0.25, 0.3) is 0 Å². The molecule has 0 aliphatic carbocycles. The minimum Gasteiger partial charge on any atom is -0.322 e. The third-order valence-electron chi connectivity index (χ3n) is 3.27. The maximum absolute atomic E-state index is 13.6. The predicted molar refractivity (Wildman–Crippen MR) is 78.2 cm³/mol. The topological polar surface area (TPSA) is 41.1 Å². The maximum Gasteiger partial charge on any atom is 0.261 e. The van der Waals surface area contributed by atoms with E-state index in [0.29, 0.717) is 5.69 Å². The van der Waals surface area contributed by atoms with Gasteiger partial charge in [0.25, 0.3) is 5.91 Å². The van der Waals surface area contributed by atoms with Crippen LogP contribution in [0.15, 0.2) is 42.5 Å². The first-order valence-electron chi connectivity index (χ1n) is 6.55. The molecule has 0 aliphatic heterocycles. The summed E-state index contributed by atoms with van der Waals surface area (Å²) in [5.41, 5.74) is 0.871. The van der Waals surface area contributed by atoms with Gasteiger partial charge in [-0.2, -0.15) is 0 Å². The molecular weight excluding hydrogens is 274 g/mol. The predicted octanol–water partition coefficient (Wildman–Crippen LogP) is 3.50. The first kappa shape index (κ1) is 15.1. The van der Waals surface area contributed by atoms with Crippen LogP contribution in [0.1, 0.15) is 28.9 Å². The zero-order chi connectivity index (χ0) is 15.4. The molecule has 5 heteroatoms. The lowest BCUT2D eigenvalue weighted by Crippen LogP contribution is -2.17. The van der Waals surface area contributed by atoms with Crippen molar-refractivity contribution in [2.24, 2.45) is 0 Å². The summed E-state index contributed by atoms with van der Waals surface area (Å²) < 4.78 is 27.1. The van der Waals surface area contributed by atoms with E-state index in [-0.39, 0.29) is 6.04 Å². The van der Waals surface area contributed by atoms with Crippen molar-refractivity contribution in [2.45, 2.75) is 13.0 Å². The van der Waals surface area contributed by atoms with E-state index in [4.69, 9.17) is 0 Å². The third kappa shape index (κ3) is 3.44. The smallest absolute Gasteiger partial charge is 0.261 e. The second-order valence-electron chi connectivity index (χ2n) is 4.69. The average Bonchev–Trinajstić information content (AvgIpc) is 2.46. The second-order valence-corrected chi connectivity index (χ2v) is 4.69. The Balaban J connectivity index is 2.24. The molecule has 2 N–H and O–H groups in total. The molecule has 0 fully saturated rings. The Morgan fingerprint density at radius 1 is 1.10 bits per heavy atom. The van der Waals surface area contributed by atoms with E-state index < -0.39 is 23.1 Å². The van der Waals surface area contributed by atoms with Crippen LogP contribution in [-0.4, -0.2) is 13.0 Å². The van der Waals surface area contributed by atoms with Crippen LogP contribution in [0.2, 0.25) is 0 Å². The summed E-state index contributed by atoms with van der Waals surface area (Å²) in [7, 11) is 1.82. The molecule has 0 saturated heterocycles. The van der Waals surface area contributed by atoms with Crippen LogP contribution in [0.5, 0.6) is 0 Å². The van der Waals surface area contributed by atoms with E-state index in [2.05, 4.69) is 10.6 Å². The van der Waals surface area contributed by atoms with E-state index in [0.717, 1.165) is 17.7 Å². The van der Waals surface area contributed by atoms with Crippen molar-refractivity contribution in [1.29, 1.82) is 0 Å². The van der Waals surface area contributed by atoms with Gasteiger partial charge < -0.3 is 10.6 Å². The van der Waals surface area contributed by atoms with Crippen molar-refractivity contribution in [3.8, 4) is 0 Å². The standard InChI is InChI=1S/C16H16F2N2O/c1-10(19-2)11-5-3-6-12(9-11)20-16(21)15-13(17)7-4-8-14(15)18/h3-10,19H,1-2H3,(H,20,21). The highest BCUT2D eigenvalue weighted by Gasteiger charge is 2.17. The van der Waals surface area contributed by atoms with Crippen LogP contribution in [0, 0.1) is 11.6 Å². The molecule has 21 heavy (non-hydrogen) atoms. The SMILES string of the molecule is CNC(C)c1cccc(NC(=O)c2c(F)cccc2F)c1. The van der Waals surface area contributed by atoms with Crippen LogP contribution in [0.3, 0.4) is 0 Å². The number of carbonyl (C=O) groups excluding carboxylic acids is 1. The molecule has 0 bridgehead atoms. The van der Waals surface area contributed by atoms with Crippen molar-refractivity contribution >= 4 is 11.6 Å². The fourth-order valence-corrected chi connectivity index (χ4v) is 1.96. The van der Waals surface area contributed by atoms with Gasteiger partial charge in [0.15, 0.2) is 0 Å². The fourth-order valence-electron chi connectivity index (χ4n) is 1.96. The van der Waals surface area contributed by atoms with Gasteiger partial charge in [-0.05, 0) is 43.8 Å². The molecule has 1 atom stereocenters. The van der Waals surface area contributed by atoms with E-state index in [1.807, 2.05) is 20.0 Å². The average molecular weight is 290 g/mol. The molecule has 0 heterocycles. The highest BCUT2D eigenvalue weighted by Crippen LogP contribution is 2.19. The van der Waals surface area contributed by atoms with Gasteiger partial charge in [-0.25, -0.2) is 8.78 Å². The number of hydrogen-bond acceptors (Lipinski definition) is 2. The van der Waals surface area contributed by atoms with Gasteiger partial charge >= 0.3 is 0 Å². The van der Waals surface area contributed by atoms with Crippen LogP contribution in [0.4, 0.5) is 14.5 Å². The number of halogens is 2. The number of hydrogen-bond donors (Lipinski definition) is 2. The zero-order valence-corrected chi connectivity index (χ0v) is 11.8. The normalized spacial score (nSPS) is 12.0. The van der Waals surface area contributed by atoms with Gasteiger partial charge in [-0.15, -0.1) is 0 Å². The molecule has 110 valence electrons. The van der Waals surface area contributed by atoms with Gasteiger partial charge in [0.1, 0.15) is 17.2 Å². The number of benzene rings is 2. The maximum atomic E-state index is 13.6. The number of carbonyl (C=O) groups is 1. The van der Waals surface area contributed by atoms with Crippen LogP contribution in [-0.2, 0) is 0 Å². The van der Waals surface area contributed by atoms with Crippen LogP contribution >= 0.6 is 0 Å². The van der Waals surface area contributed by atoms with Gasteiger partial charge in [0.05, 0.1) is 0 Å². The molecule has 1 amide bonds. The summed E-state index contributed by atoms with van der Waals surface area (Å²) in [6, 6.07) is 10.5. The Kier molecular flexibility index (Phi) is 4.65. The molecular formula is C16H16F2N2O. The summed E-state index contributed by atoms with van der Waals surface area (Å²) in [4.78, 5) is 12.0. The molecule has 0 spiro atoms. The number of nitrogens with one attached hydrogen (secondary N) is 2. The fraction of sp³-hybridized carbons (Fsp3) is 0.188. The molecule has 0 radical (unpaired) electrons. The highest BCUT2D eigenvalue weighted by molar-refractivity contribution is 6.04. The minimum atomic E-state index is -0.882. The summed E-state index contributed by atoms with van der Waals surface area (Å²) in [6.45, 7) is 1.97. The van der Waals surface area contributed by atoms with Crippen LogP contribution < -0.4 is 10.6 Å². The lowest BCUT2D eigenvalue weighted by Gasteiger charge is -2.13. The molecule has 2 aromatic rings. The van der Waals surface area contributed by atoms with E-state index in [1.54, 1.807) is 18.2 Å². The third-order valence-corrected chi connectivity index (χ3v) is 3.27. The quantitative estimate of drug-likeness (QED) is 0.905. The number of rotatable bonds is 4. The van der Waals surface area contributed by atoms with Crippen molar-refractivity contribution in [2.75, 3.05) is 12.4 Å². The Morgan fingerprint density at radius 3 is 2.33 bits per heavy atom.